The first-order chi connectivity index (χ1) is 15.5. The second-order valence-corrected chi connectivity index (χ2v) is 7.88. The number of halogens is 1. The molecule has 1 atom stereocenters. The third kappa shape index (κ3) is 6.27. The molecule has 0 fully saturated rings. The Morgan fingerprint density at radius 2 is 1.56 bits per heavy atom. The molecule has 3 rings (SSSR count). The molecular weight excluding hydrogens is 403 g/mol. The van der Waals surface area contributed by atoms with Gasteiger partial charge >= 0.3 is 0 Å². The van der Waals surface area contributed by atoms with E-state index in [1.807, 2.05) is 68.4 Å². The highest BCUT2D eigenvalue weighted by atomic mass is 19.1. The van der Waals surface area contributed by atoms with Crippen LogP contribution in [0, 0.1) is 12.7 Å². The summed E-state index contributed by atoms with van der Waals surface area (Å²) in [6.07, 6.45) is 0.269. The van der Waals surface area contributed by atoms with Gasteiger partial charge in [0.25, 0.3) is 0 Å². The fraction of sp³-hybridized carbons (Fsp3) is 0.259. The average Bonchev–Trinajstić information content (AvgIpc) is 2.79. The van der Waals surface area contributed by atoms with Crippen molar-refractivity contribution in [2.75, 3.05) is 6.54 Å². The van der Waals surface area contributed by atoms with E-state index in [0.717, 1.165) is 16.7 Å². The normalized spacial score (nSPS) is 11.6. The zero-order valence-corrected chi connectivity index (χ0v) is 18.6. The summed E-state index contributed by atoms with van der Waals surface area (Å²) in [6.45, 7) is 4.58. The lowest BCUT2D eigenvalue weighted by Gasteiger charge is -2.31. The molecule has 0 aliphatic heterocycles. The van der Waals surface area contributed by atoms with E-state index in [2.05, 4.69) is 5.32 Å². The van der Waals surface area contributed by atoms with Crippen LogP contribution in [0.15, 0.2) is 78.9 Å². The van der Waals surface area contributed by atoms with Gasteiger partial charge in [-0.25, -0.2) is 4.39 Å². The van der Waals surface area contributed by atoms with E-state index in [1.54, 1.807) is 23.1 Å². The smallest absolute Gasteiger partial charge is 0.243 e. The highest BCUT2D eigenvalue weighted by molar-refractivity contribution is 5.88. The topological polar surface area (TPSA) is 49.4 Å². The van der Waals surface area contributed by atoms with E-state index in [0.29, 0.717) is 18.5 Å². The van der Waals surface area contributed by atoms with Crippen molar-refractivity contribution in [2.45, 2.75) is 39.3 Å². The second kappa shape index (κ2) is 11.2. The van der Waals surface area contributed by atoms with E-state index in [1.165, 1.54) is 6.07 Å². The standard InChI is InChI=1S/C27H29FN2O2/c1-3-29-27(32)25(17-21-9-5-4-6-10-21)30(19-22-15-13-20(2)14-16-22)26(31)18-23-11-7-8-12-24(23)28/h4-16,25H,3,17-19H2,1-2H3,(H,29,32). The molecule has 4 nitrogen and oxygen atoms in total. The predicted octanol–water partition coefficient (Wildman–Crippen LogP) is 4.45. The molecule has 0 aliphatic rings. The first kappa shape index (κ1) is 23.2. The minimum atomic E-state index is -0.710. The molecule has 0 aliphatic carbocycles. The largest absolute Gasteiger partial charge is 0.355 e. The number of aryl methyl sites for hydroxylation is 1. The van der Waals surface area contributed by atoms with E-state index in [9.17, 15) is 14.0 Å². The predicted molar refractivity (Wildman–Crippen MR) is 124 cm³/mol. The summed E-state index contributed by atoms with van der Waals surface area (Å²) in [6, 6.07) is 23.0. The van der Waals surface area contributed by atoms with Crippen LogP contribution in [-0.4, -0.2) is 29.3 Å². The lowest BCUT2D eigenvalue weighted by Crippen LogP contribution is -2.51. The molecule has 0 saturated carbocycles. The maximum Gasteiger partial charge on any atom is 0.243 e. The Labute approximate surface area is 189 Å². The molecule has 32 heavy (non-hydrogen) atoms. The Bertz CT molecular complexity index is 1040. The van der Waals surface area contributed by atoms with Crippen LogP contribution >= 0.6 is 0 Å². The molecular formula is C27H29FN2O2. The second-order valence-electron chi connectivity index (χ2n) is 7.88. The van der Waals surface area contributed by atoms with Crippen molar-refractivity contribution in [1.82, 2.24) is 10.2 Å². The van der Waals surface area contributed by atoms with Crippen molar-refractivity contribution in [2.24, 2.45) is 0 Å². The van der Waals surface area contributed by atoms with Crippen molar-refractivity contribution in [3.8, 4) is 0 Å². The highest BCUT2D eigenvalue weighted by Crippen LogP contribution is 2.18. The van der Waals surface area contributed by atoms with Crippen LogP contribution in [0.2, 0.25) is 0 Å². The Morgan fingerprint density at radius 3 is 2.22 bits per heavy atom. The van der Waals surface area contributed by atoms with Crippen LogP contribution in [-0.2, 0) is 29.0 Å². The highest BCUT2D eigenvalue weighted by Gasteiger charge is 2.30. The Balaban J connectivity index is 1.95. The number of nitrogens with one attached hydrogen (secondary N) is 1. The molecule has 0 heterocycles. The molecule has 0 aromatic heterocycles. The lowest BCUT2D eigenvalue weighted by molar-refractivity contribution is -0.140. The number of likely N-dealkylation sites (N-methyl/N-ethyl adjacent to an activating group) is 1. The zero-order valence-electron chi connectivity index (χ0n) is 18.6. The zero-order chi connectivity index (χ0) is 22.9. The monoisotopic (exact) mass is 432 g/mol. The van der Waals surface area contributed by atoms with Gasteiger partial charge in [-0.2, -0.15) is 0 Å². The van der Waals surface area contributed by atoms with E-state index < -0.39 is 11.9 Å². The molecule has 0 radical (unpaired) electrons. The van der Waals surface area contributed by atoms with Crippen molar-refractivity contribution in [3.63, 3.8) is 0 Å². The summed E-state index contributed by atoms with van der Waals surface area (Å²) in [5.41, 5.74) is 3.31. The first-order valence-electron chi connectivity index (χ1n) is 10.9. The third-order valence-corrected chi connectivity index (χ3v) is 5.40. The molecule has 0 spiro atoms. The van der Waals surface area contributed by atoms with Crippen LogP contribution in [0.5, 0.6) is 0 Å². The number of carbonyl (C=O) groups is 2. The minimum Gasteiger partial charge on any atom is -0.355 e. The number of carbonyl (C=O) groups excluding carboxylic acids is 2. The van der Waals surface area contributed by atoms with Crippen LogP contribution in [0.4, 0.5) is 4.39 Å². The molecule has 1 N–H and O–H groups in total. The number of rotatable bonds is 9. The molecule has 1 unspecified atom stereocenters. The molecule has 3 aromatic rings. The summed E-state index contributed by atoms with van der Waals surface area (Å²) >= 11 is 0. The number of amides is 2. The maximum atomic E-state index is 14.3. The van der Waals surface area contributed by atoms with Gasteiger partial charge in [-0.3, -0.25) is 9.59 Å². The summed E-state index contributed by atoms with van der Waals surface area (Å²) in [5, 5.41) is 2.86. The number of hydrogen-bond acceptors (Lipinski definition) is 2. The molecule has 5 heteroatoms. The van der Waals surface area contributed by atoms with Crippen LogP contribution < -0.4 is 5.32 Å². The van der Waals surface area contributed by atoms with Crippen molar-refractivity contribution >= 4 is 11.8 Å². The van der Waals surface area contributed by atoms with Gasteiger partial charge in [-0.1, -0.05) is 78.4 Å². The van der Waals surface area contributed by atoms with Gasteiger partial charge in [0.15, 0.2) is 0 Å². The quantitative estimate of drug-likeness (QED) is 0.543. The van der Waals surface area contributed by atoms with E-state index in [4.69, 9.17) is 0 Å². The third-order valence-electron chi connectivity index (χ3n) is 5.40. The van der Waals surface area contributed by atoms with Gasteiger partial charge in [-0.05, 0) is 36.6 Å². The molecule has 166 valence electrons. The Morgan fingerprint density at radius 1 is 0.906 bits per heavy atom. The van der Waals surface area contributed by atoms with Gasteiger partial charge in [-0.15, -0.1) is 0 Å². The number of nitrogens with zero attached hydrogens (tertiary/aromatic N) is 1. The minimum absolute atomic E-state index is 0.108. The lowest BCUT2D eigenvalue weighted by atomic mass is 10.0. The summed E-state index contributed by atoms with van der Waals surface area (Å²) in [5.74, 6) is -0.929. The summed E-state index contributed by atoms with van der Waals surface area (Å²) in [4.78, 5) is 28.1. The maximum absolute atomic E-state index is 14.3. The van der Waals surface area contributed by atoms with E-state index >= 15 is 0 Å². The van der Waals surface area contributed by atoms with Gasteiger partial charge in [0.05, 0.1) is 6.42 Å². The van der Waals surface area contributed by atoms with Gasteiger partial charge in [0, 0.05) is 19.5 Å². The SMILES string of the molecule is CCNC(=O)C(Cc1ccccc1)N(Cc1ccc(C)cc1)C(=O)Cc1ccccc1F. The molecule has 3 aromatic carbocycles. The van der Waals surface area contributed by atoms with Gasteiger partial charge in [0.1, 0.15) is 11.9 Å². The van der Waals surface area contributed by atoms with Crippen LogP contribution in [0.3, 0.4) is 0 Å². The molecule has 0 saturated heterocycles. The van der Waals surface area contributed by atoms with Gasteiger partial charge in [0.2, 0.25) is 11.8 Å². The van der Waals surface area contributed by atoms with E-state index in [-0.39, 0.29) is 24.8 Å². The molecule has 0 bridgehead atoms. The van der Waals surface area contributed by atoms with Crippen molar-refractivity contribution < 1.29 is 14.0 Å². The number of hydrogen-bond donors (Lipinski definition) is 1. The first-order valence-corrected chi connectivity index (χ1v) is 10.9. The fourth-order valence-corrected chi connectivity index (χ4v) is 3.64. The Hall–Kier alpha value is -3.47. The number of benzene rings is 3. The fourth-order valence-electron chi connectivity index (χ4n) is 3.64. The van der Waals surface area contributed by atoms with Crippen molar-refractivity contribution in [1.29, 1.82) is 0 Å². The molecule has 2 amide bonds. The van der Waals surface area contributed by atoms with Gasteiger partial charge < -0.3 is 10.2 Å². The summed E-state index contributed by atoms with van der Waals surface area (Å²) < 4.78 is 14.3. The Kier molecular flexibility index (Phi) is 8.14. The average molecular weight is 433 g/mol. The summed E-state index contributed by atoms with van der Waals surface area (Å²) in [7, 11) is 0. The van der Waals surface area contributed by atoms with Crippen molar-refractivity contribution in [3.05, 3.63) is 107 Å². The van der Waals surface area contributed by atoms with Crippen LogP contribution in [0.25, 0.3) is 0 Å². The van der Waals surface area contributed by atoms with Crippen LogP contribution in [0.1, 0.15) is 29.2 Å².